The van der Waals surface area contributed by atoms with Crippen LogP contribution in [0.5, 0.6) is 5.75 Å². The zero-order valence-electron chi connectivity index (χ0n) is 12.6. The van der Waals surface area contributed by atoms with E-state index in [9.17, 15) is 0 Å². The first kappa shape index (κ1) is 15.9. The number of hydrogen-bond donors (Lipinski definition) is 1. The van der Waals surface area contributed by atoms with Crippen LogP contribution in [0.25, 0.3) is 0 Å². The maximum absolute atomic E-state index is 5.72. The summed E-state index contributed by atoms with van der Waals surface area (Å²) in [5, 5.41) is 4.44. The van der Waals surface area contributed by atoms with Crippen LogP contribution in [0.2, 0.25) is 0 Å². The van der Waals surface area contributed by atoms with Gasteiger partial charge < -0.3 is 14.8 Å². The Balaban J connectivity index is 1.90. The highest BCUT2D eigenvalue weighted by molar-refractivity contribution is 7.11. The van der Waals surface area contributed by atoms with E-state index in [-0.39, 0.29) is 0 Å². The molecule has 21 heavy (non-hydrogen) atoms. The van der Waals surface area contributed by atoms with Crippen molar-refractivity contribution >= 4 is 11.3 Å². The summed E-state index contributed by atoms with van der Waals surface area (Å²) in [6, 6.07) is 9.87. The Morgan fingerprint density at radius 3 is 2.76 bits per heavy atom. The van der Waals surface area contributed by atoms with Gasteiger partial charge in [0.25, 0.3) is 0 Å². The number of nitrogens with zero attached hydrogens (tertiary/aromatic N) is 1. The third-order valence-corrected chi connectivity index (χ3v) is 4.12. The molecule has 5 heteroatoms. The summed E-state index contributed by atoms with van der Waals surface area (Å²) in [6.07, 6.45) is 0.822. The van der Waals surface area contributed by atoms with Crippen LogP contribution in [0.4, 0.5) is 0 Å². The van der Waals surface area contributed by atoms with Crippen molar-refractivity contribution in [3.63, 3.8) is 0 Å². The number of para-hydroxylation sites is 1. The minimum absolute atomic E-state index is 0.566. The minimum Gasteiger partial charge on any atom is -0.493 e. The lowest BCUT2D eigenvalue weighted by molar-refractivity contribution is 0.181. The quantitative estimate of drug-likeness (QED) is 0.773. The number of rotatable bonds is 9. The van der Waals surface area contributed by atoms with Crippen molar-refractivity contribution < 1.29 is 9.47 Å². The van der Waals surface area contributed by atoms with E-state index < -0.39 is 0 Å². The molecule has 0 atom stereocenters. The van der Waals surface area contributed by atoms with E-state index in [2.05, 4.69) is 17.2 Å². The van der Waals surface area contributed by atoms with Crippen LogP contribution >= 0.6 is 11.3 Å². The lowest BCUT2D eigenvalue weighted by Crippen LogP contribution is -2.12. The Morgan fingerprint density at radius 2 is 2.05 bits per heavy atom. The van der Waals surface area contributed by atoms with Crippen molar-refractivity contribution in [2.45, 2.75) is 26.5 Å². The molecule has 1 N–H and O–H groups in total. The fourth-order valence-electron chi connectivity index (χ4n) is 1.94. The second-order valence-electron chi connectivity index (χ2n) is 4.60. The van der Waals surface area contributed by atoms with E-state index in [4.69, 9.17) is 9.47 Å². The number of thiazole rings is 1. The molecule has 0 saturated carbocycles. The molecular formula is C16H22N2O2S. The van der Waals surface area contributed by atoms with Crippen LogP contribution in [-0.2, 0) is 24.3 Å². The lowest BCUT2D eigenvalue weighted by Gasteiger charge is -2.03. The molecule has 4 nitrogen and oxygen atoms in total. The molecule has 0 aliphatic heterocycles. The molecule has 2 rings (SSSR count). The number of methoxy groups -OCH3 is 1. The Labute approximate surface area is 130 Å². The molecule has 0 aliphatic carbocycles. The largest absolute Gasteiger partial charge is 0.493 e. The zero-order chi connectivity index (χ0) is 14.9. The highest BCUT2D eigenvalue weighted by Crippen LogP contribution is 2.20. The van der Waals surface area contributed by atoms with Crippen LogP contribution in [0, 0.1) is 0 Å². The summed E-state index contributed by atoms with van der Waals surface area (Å²) in [6.45, 7) is 5.12. The molecule has 0 saturated heterocycles. The third kappa shape index (κ3) is 5.12. The number of hydrogen-bond acceptors (Lipinski definition) is 5. The fourth-order valence-corrected chi connectivity index (χ4v) is 2.97. The maximum atomic E-state index is 5.72. The molecule has 0 radical (unpaired) electrons. The highest BCUT2D eigenvalue weighted by atomic mass is 32.1. The number of aromatic nitrogens is 1. The maximum Gasteiger partial charge on any atom is 0.119 e. The zero-order valence-corrected chi connectivity index (χ0v) is 13.4. The van der Waals surface area contributed by atoms with Crippen LogP contribution in [0.15, 0.2) is 30.3 Å². The van der Waals surface area contributed by atoms with Crippen LogP contribution in [0.1, 0.15) is 22.5 Å². The standard InChI is InChI=1S/C16H22N2O2S/c1-3-17-11-15-14(12-19-2)18-16(21-15)9-10-20-13-7-5-4-6-8-13/h4-8,17H,3,9-12H2,1-2H3. The van der Waals surface area contributed by atoms with Gasteiger partial charge in [0.2, 0.25) is 0 Å². The second kappa shape index (κ2) is 8.77. The smallest absolute Gasteiger partial charge is 0.119 e. The minimum atomic E-state index is 0.566. The Bertz CT molecular complexity index is 528. The molecule has 1 heterocycles. The van der Waals surface area contributed by atoms with Crippen LogP contribution in [0.3, 0.4) is 0 Å². The molecule has 0 spiro atoms. The van der Waals surface area contributed by atoms with Gasteiger partial charge in [0.15, 0.2) is 0 Å². The molecule has 2 aromatic rings. The Kier molecular flexibility index (Phi) is 6.66. The van der Waals surface area contributed by atoms with Gasteiger partial charge >= 0.3 is 0 Å². The average Bonchev–Trinajstić information content (AvgIpc) is 2.89. The predicted molar refractivity (Wildman–Crippen MR) is 85.8 cm³/mol. The first-order chi connectivity index (χ1) is 10.3. The Hall–Kier alpha value is -1.43. The van der Waals surface area contributed by atoms with Gasteiger partial charge in [-0.25, -0.2) is 4.98 Å². The summed E-state index contributed by atoms with van der Waals surface area (Å²) in [5.74, 6) is 0.902. The van der Waals surface area contributed by atoms with Crippen molar-refractivity contribution in [2.24, 2.45) is 0 Å². The molecule has 0 amide bonds. The Morgan fingerprint density at radius 1 is 1.24 bits per heavy atom. The SMILES string of the molecule is CCNCc1sc(CCOc2ccccc2)nc1COC. The van der Waals surface area contributed by atoms with Gasteiger partial charge in [-0.1, -0.05) is 25.1 Å². The molecular weight excluding hydrogens is 284 g/mol. The van der Waals surface area contributed by atoms with Crippen molar-refractivity contribution in [1.29, 1.82) is 0 Å². The van der Waals surface area contributed by atoms with E-state index in [1.807, 2.05) is 30.3 Å². The van der Waals surface area contributed by atoms with Crippen molar-refractivity contribution in [3.05, 3.63) is 45.9 Å². The normalized spacial score (nSPS) is 10.8. The van der Waals surface area contributed by atoms with E-state index in [0.29, 0.717) is 13.2 Å². The van der Waals surface area contributed by atoms with E-state index >= 15 is 0 Å². The summed E-state index contributed by atoms with van der Waals surface area (Å²) < 4.78 is 10.9. The van der Waals surface area contributed by atoms with Crippen LogP contribution in [-0.4, -0.2) is 25.2 Å². The molecule has 0 fully saturated rings. The van der Waals surface area contributed by atoms with Crippen LogP contribution < -0.4 is 10.1 Å². The molecule has 1 aromatic carbocycles. The summed E-state index contributed by atoms with van der Waals surface area (Å²) in [4.78, 5) is 5.92. The van der Waals surface area contributed by atoms with Crippen molar-refractivity contribution in [3.8, 4) is 5.75 Å². The average molecular weight is 306 g/mol. The van der Waals surface area contributed by atoms with Gasteiger partial charge in [-0.2, -0.15) is 0 Å². The number of nitrogens with one attached hydrogen (secondary N) is 1. The number of benzene rings is 1. The second-order valence-corrected chi connectivity index (χ2v) is 5.77. The molecule has 0 unspecified atom stereocenters. The van der Waals surface area contributed by atoms with Gasteiger partial charge in [0.05, 0.1) is 23.9 Å². The van der Waals surface area contributed by atoms with Gasteiger partial charge in [0.1, 0.15) is 5.75 Å². The molecule has 1 aromatic heterocycles. The van der Waals surface area contributed by atoms with Gasteiger partial charge in [0, 0.05) is 25.0 Å². The summed E-state index contributed by atoms with van der Waals surface area (Å²) >= 11 is 1.74. The van der Waals surface area contributed by atoms with Gasteiger partial charge in [-0.15, -0.1) is 11.3 Å². The molecule has 0 aliphatic rings. The van der Waals surface area contributed by atoms with E-state index in [1.54, 1.807) is 18.4 Å². The van der Waals surface area contributed by atoms with Crippen molar-refractivity contribution in [1.82, 2.24) is 10.3 Å². The summed E-state index contributed by atoms with van der Waals surface area (Å²) in [5.41, 5.74) is 1.04. The lowest BCUT2D eigenvalue weighted by atomic mass is 10.3. The fraction of sp³-hybridized carbons (Fsp3) is 0.438. The third-order valence-electron chi connectivity index (χ3n) is 2.97. The van der Waals surface area contributed by atoms with Crippen molar-refractivity contribution in [2.75, 3.05) is 20.3 Å². The molecule has 0 bridgehead atoms. The van der Waals surface area contributed by atoms with E-state index in [1.165, 1.54) is 4.88 Å². The van der Waals surface area contributed by atoms with Gasteiger partial charge in [-0.05, 0) is 18.7 Å². The highest BCUT2D eigenvalue weighted by Gasteiger charge is 2.10. The number of ether oxygens (including phenoxy) is 2. The predicted octanol–water partition coefficient (Wildman–Crippen LogP) is 3.02. The van der Waals surface area contributed by atoms with E-state index in [0.717, 1.165) is 36.0 Å². The monoisotopic (exact) mass is 306 g/mol. The topological polar surface area (TPSA) is 43.4 Å². The first-order valence-corrected chi connectivity index (χ1v) is 8.00. The summed E-state index contributed by atoms with van der Waals surface area (Å²) in [7, 11) is 1.70. The molecule has 114 valence electrons. The van der Waals surface area contributed by atoms with Gasteiger partial charge in [-0.3, -0.25) is 0 Å². The first-order valence-electron chi connectivity index (χ1n) is 7.18.